The summed E-state index contributed by atoms with van der Waals surface area (Å²) in [5, 5.41) is 0. The standard InChI is InChI=1S/C7H4F6N2/c8-3-1-2(5(9)10)4(7(11,12)13)15-6(3)14/h1,5H,(H2,14,15). The summed E-state index contributed by atoms with van der Waals surface area (Å²) in [7, 11) is 0. The predicted molar refractivity (Wildman–Crippen MR) is 38.6 cm³/mol. The highest BCUT2D eigenvalue weighted by Gasteiger charge is 2.38. The molecule has 0 amide bonds. The van der Waals surface area contributed by atoms with Crippen LogP contribution >= 0.6 is 0 Å². The summed E-state index contributed by atoms with van der Waals surface area (Å²) in [6, 6.07) is 0.0375. The number of alkyl halides is 5. The fraction of sp³-hybridized carbons (Fsp3) is 0.286. The van der Waals surface area contributed by atoms with E-state index in [1.165, 1.54) is 0 Å². The Kier molecular flexibility index (Phi) is 2.78. The van der Waals surface area contributed by atoms with Crippen LogP contribution in [0.3, 0.4) is 0 Å². The molecule has 0 atom stereocenters. The molecule has 1 aromatic rings. The van der Waals surface area contributed by atoms with Gasteiger partial charge in [0.05, 0.1) is 5.56 Å². The molecule has 15 heavy (non-hydrogen) atoms. The summed E-state index contributed by atoms with van der Waals surface area (Å²) >= 11 is 0. The van der Waals surface area contributed by atoms with Gasteiger partial charge in [0.15, 0.2) is 17.3 Å². The Morgan fingerprint density at radius 2 is 1.80 bits per heavy atom. The van der Waals surface area contributed by atoms with Crippen molar-refractivity contribution < 1.29 is 26.3 Å². The molecule has 0 fully saturated rings. The van der Waals surface area contributed by atoms with E-state index in [1.54, 1.807) is 0 Å². The van der Waals surface area contributed by atoms with E-state index in [1.807, 2.05) is 0 Å². The number of rotatable bonds is 1. The van der Waals surface area contributed by atoms with Crippen LogP contribution in [0.15, 0.2) is 6.07 Å². The van der Waals surface area contributed by atoms with Gasteiger partial charge in [0.1, 0.15) is 0 Å². The Labute approximate surface area is 79.7 Å². The number of aromatic nitrogens is 1. The molecule has 0 saturated carbocycles. The lowest BCUT2D eigenvalue weighted by atomic mass is 10.2. The van der Waals surface area contributed by atoms with E-state index in [2.05, 4.69) is 4.98 Å². The average molecular weight is 230 g/mol. The molecule has 2 nitrogen and oxygen atoms in total. The summed E-state index contributed by atoms with van der Waals surface area (Å²) in [5.74, 6) is -2.47. The molecule has 1 heterocycles. The second-order valence-electron chi connectivity index (χ2n) is 2.59. The SMILES string of the molecule is Nc1nc(C(F)(F)F)c(C(F)F)cc1F. The number of nitrogens with zero attached hydrogens (tertiary/aromatic N) is 1. The number of anilines is 1. The first-order valence-corrected chi connectivity index (χ1v) is 3.54. The van der Waals surface area contributed by atoms with E-state index in [4.69, 9.17) is 5.73 Å². The van der Waals surface area contributed by atoms with E-state index in [0.29, 0.717) is 0 Å². The van der Waals surface area contributed by atoms with Gasteiger partial charge in [0.2, 0.25) is 0 Å². The monoisotopic (exact) mass is 230 g/mol. The van der Waals surface area contributed by atoms with Crippen molar-refractivity contribution in [2.75, 3.05) is 5.73 Å². The maximum atomic E-state index is 12.6. The molecule has 0 bridgehead atoms. The minimum atomic E-state index is -5.09. The van der Waals surface area contributed by atoms with Crippen LogP contribution in [-0.4, -0.2) is 4.98 Å². The summed E-state index contributed by atoms with van der Waals surface area (Å²) in [4.78, 5) is 2.56. The van der Waals surface area contributed by atoms with Crippen LogP contribution in [0.2, 0.25) is 0 Å². The summed E-state index contributed by atoms with van der Waals surface area (Å²) in [5.41, 5.74) is 1.37. The molecule has 84 valence electrons. The lowest BCUT2D eigenvalue weighted by Crippen LogP contribution is -2.14. The number of hydrogen-bond donors (Lipinski definition) is 1. The first kappa shape index (κ1) is 11.6. The Bertz CT molecular complexity index is 372. The summed E-state index contributed by atoms with van der Waals surface area (Å²) in [6.45, 7) is 0. The number of halogens is 6. The van der Waals surface area contributed by atoms with E-state index in [-0.39, 0.29) is 6.07 Å². The van der Waals surface area contributed by atoms with Crippen molar-refractivity contribution in [1.82, 2.24) is 4.98 Å². The Hall–Kier alpha value is -1.47. The second-order valence-corrected chi connectivity index (χ2v) is 2.59. The van der Waals surface area contributed by atoms with Crippen molar-refractivity contribution in [2.24, 2.45) is 0 Å². The van der Waals surface area contributed by atoms with Crippen molar-refractivity contribution in [2.45, 2.75) is 12.6 Å². The molecule has 0 radical (unpaired) electrons. The van der Waals surface area contributed by atoms with Crippen molar-refractivity contribution in [3.8, 4) is 0 Å². The van der Waals surface area contributed by atoms with Crippen LogP contribution in [-0.2, 0) is 6.18 Å². The molecule has 8 heteroatoms. The zero-order valence-electron chi connectivity index (χ0n) is 6.95. The summed E-state index contributed by atoms with van der Waals surface area (Å²) < 4.78 is 73.3. The molecule has 0 unspecified atom stereocenters. The third-order valence-electron chi connectivity index (χ3n) is 1.54. The van der Waals surface area contributed by atoms with Crippen LogP contribution < -0.4 is 5.73 Å². The molecule has 0 aliphatic heterocycles. The number of nitrogens with two attached hydrogens (primary N) is 1. The first-order valence-electron chi connectivity index (χ1n) is 3.54. The number of nitrogen functional groups attached to an aromatic ring is 1. The van der Waals surface area contributed by atoms with Crippen molar-refractivity contribution in [1.29, 1.82) is 0 Å². The van der Waals surface area contributed by atoms with Gasteiger partial charge in [-0.15, -0.1) is 0 Å². The molecule has 0 aromatic carbocycles. The predicted octanol–water partition coefficient (Wildman–Crippen LogP) is 2.76. The molecule has 0 aliphatic carbocycles. The van der Waals surface area contributed by atoms with E-state index in [0.717, 1.165) is 0 Å². The highest BCUT2D eigenvalue weighted by Crippen LogP contribution is 2.36. The van der Waals surface area contributed by atoms with Crippen molar-refractivity contribution in [3.63, 3.8) is 0 Å². The van der Waals surface area contributed by atoms with Crippen molar-refractivity contribution in [3.05, 3.63) is 23.1 Å². The quantitative estimate of drug-likeness (QED) is 0.753. The molecule has 0 spiro atoms. The van der Waals surface area contributed by atoms with Gasteiger partial charge in [-0.1, -0.05) is 0 Å². The van der Waals surface area contributed by atoms with Gasteiger partial charge >= 0.3 is 6.18 Å². The van der Waals surface area contributed by atoms with Crippen LogP contribution in [0.4, 0.5) is 32.2 Å². The smallest absolute Gasteiger partial charge is 0.381 e. The van der Waals surface area contributed by atoms with Gasteiger partial charge in [-0.3, -0.25) is 0 Å². The fourth-order valence-corrected chi connectivity index (χ4v) is 0.911. The minimum Gasteiger partial charge on any atom is -0.381 e. The average Bonchev–Trinajstić information content (AvgIpc) is 2.06. The van der Waals surface area contributed by atoms with E-state index >= 15 is 0 Å². The van der Waals surface area contributed by atoms with Crippen LogP contribution in [0, 0.1) is 5.82 Å². The lowest BCUT2D eigenvalue weighted by molar-refractivity contribution is -0.143. The van der Waals surface area contributed by atoms with Crippen LogP contribution in [0.25, 0.3) is 0 Å². The van der Waals surface area contributed by atoms with Gasteiger partial charge in [-0.05, 0) is 6.07 Å². The molecule has 1 aromatic heterocycles. The normalized spacial score (nSPS) is 12.2. The highest BCUT2D eigenvalue weighted by atomic mass is 19.4. The van der Waals surface area contributed by atoms with Crippen LogP contribution in [0.1, 0.15) is 17.7 Å². The van der Waals surface area contributed by atoms with Crippen molar-refractivity contribution >= 4 is 5.82 Å². The molecular formula is C7H4F6N2. The molecule has 1 rings (SSSR count). The third-order valence-corrected chi connectivity index (χ3v) is 1.54. The zero-order valence-corrected chi connectivity index (χ0v) is 6.95. The largest absolute Gasteiger partial charge is 0.433 e. The maximum Gasteiger partial charge on any atom is 0.433 e. The van der Waals surface area contributed by atoms with Gasteiger partial charge < -0.3 is 5.73 Å². The van der Waals surface area contributed by atoms with E-state index < -0.39 is 35.5 Å². The molecule has 0 saturated heterocycles. The number of hydrogen-bond acceptors (Lipinski definition) is 2. The van der Waals surface area contributed by atoms with Crippen LogP contribution in [0.5, 0.6) is 0 Å². The van der Waals surface area contributed by atoms with Gasteiger partial charge in [-0.2, -0.15) is 13.2 Å². The highest BCUT2D eigenvalue weighted by molar-refractivity contribution is 5.37. The Morgan fingerprint density at radius 1 is 1.27 bits per heavy atom. The first-order chi connectivity index (χ1) is 6.73. The summed E-state index contributed by atoms with van der Waals surface area (Å²) in [6.07, 6.45) is -8.56. The fourth-order valence-electron chi connectivity index (χ4n) is 0.911. The number of pyridine rings is 1. The Balaban J connectivity index is 3.42. The molecular weight excluding hydrogens is 226 g/mol. The van der Waals surface area contributed by atoms with Gasteiger partial charge in [0, 0.05) is 0 Å². The maximum absolute atomic E-state index is 12.6. The van der Waals surface area contributed by atoms with Gasteiger partial charge in [-0.25, -0.2) is 18.2 Å². The third kappa shape index (κ3) is 2.31. The Morgan fingerprint density at radius 3 is 2.20 bits per heavy atom. The van der Waals surface area contributed by atoms with E-state index in [9.17, 15) is 26.3 Å². The lowest BCUT2D eigenvalue weighted by Gasteiger charge is -2.11. The molecule has 2 N–H and O–H groups in total. The molecule has 0 aliphatic rings. The topological polar surface area (TPSA) is 38.9 Å². The second kappa shape index (κ2) is 3.59. The minimum absolute atomic E-state index is 0.0375. The zero-order chi connectivity index (χ0) is 11.8. The van der Waals surface area contributed by atoms with Gasteiger partial charge in [0.25, 0.3) is 6.43 Å².